The van der Waals surface area contributed by atoms with Gasteiger partial charge in [0.25, 0.3) is 0 Å². The molecule has 58 valence electrons. The summed E-state index contributed by atoms with van der Waals surface area (Å²) >= 11 is 4.00. The quantitative estimate of drug-likeness (QED) is 0.182. The molecular weight excluding hydrogens is 150 g/mol. The Labute approximate surface area is 79.0 Å². The van der Waals surface area contributed by atoms with Gasteiger partial charge in [-0.2, -0.15) is 9.59 Å². The van der Waals surface area contributed by atoms with E-state index in [-0.39, 0.29) is 23.6 Å². The summed E-state index contributed by atoms with van der Waals surface area (Å²) in [6, 6.07) is 0. The number of carbonyl (C=O) groups excluding carboxylic acids is 3. The molecular formula is C2H6Li2O7. The van der Waals surface area contributed by atoms with Gasteiger partial charge in [-0.1, -0.05) is 0 Å². The van der Waals surface area contributed by atoms with Crippen molar-refractivity contribution in [1.82, 2.24) is 0 Å². The van der Waals surface area contributed by atoms with E-state index >= 15 is 0 Å². The first-order valence-corrected chi connectivity index (χ1v) is 2.06. The molecule has 0 aliphatic rings. The molecule has 0 unspecified atom stereocenters. The standard InChI is InChI=1S/CH2O3.CO2.2Li.2H2O/c2-1-4-3;2-1-3;;;;/h1,3H;;;;2*1H2. The van der Waals surface area contributed by atoms with Crippen molar-refractivity contribution in [2.75, 3.05) is 0 Å². The zero-order valence-corrected chi connectivity index (χ0v) is 6.16. The van der Waals surface area contributed by atoms with Gasteiger partial charge in [0.05, 0.1) is 0 Å². The fourth-order valence-electron chi connectivity index (χ4n) is 0. The van der Waals surface area contributed by atoms with E-state index in [1.807, 2.05) is 30.8 Å². The molecule has 0 aromatic heterocycles. The molecule has 0 saturated heterocycles. The predicted octanol–water partition coefficient (Wildman–Crippen LogP) is -3.36. The van der Waals surface area contributed by atoms with Gasteiger partial charge in [-0.15, -0.1) is 0 Å². The maximum atomic E-state index is 8.70. The Bertz CT molecular complexity index is 68.8. The van der Waals surface area contributed by atoms with Crippen LogP contribution < -0.4 is 0 Å². The van der Waals surface area contributed by atoms with E-state index in [1.54, 1.807) is 0 Å². The van der Waals surface area contributed by atoms with Gasteiger partial charge in [0.2, 0.25) is 0 Å². The van der Waals surface area contributed by atoms with E-state index in [1.165, 1.54) is 0 Å². The Balaban J connectivity index is -0.0000000158. The summed E-state index contributed by atoms with van der Waals surface area (Å²) < 4.78 is 0. The van der Waals surface area contributed by atoms with Crippen LogP contribution in [0.2, 0.25) is 0 Å². The van der Waals surface area contributed by atoms with Crippen LogP contribution in [-0.2, 0) is 19.3 Å². The van der Waals surface area contributed by atoms with Gasteiger partial charge in [0, 0.05) is 0 Å². The number of hydrogen-bond donors (Lipinski definition) is 1. The normalized spacial score (nSPS) is 3.36. The molecule has 0 atom stereocenters. The Morgan fingerprint density at radius 3 is 1.36 bits per heavy atom. The van der Waals surface area contributed by atoms with Crippen LogP contribution in [0.4, 0.5) is 0 Å². The van der Waals surface area contributed by atoms with E-state index < -0.39 is 0 Å². The minimum absolute atomic E-state index is 0. The Kier molecular flexibility index (Phi) is 258. The molecule has 0 aromatic carbocycles. The van der Waals surface area contributed by atoms with Crippen LogP contribution in [0, 0.1) is 0 Å². The second-order valence-electron chi connectivity index (χ2n) is 0.285. The molecule has 0 aromatic rings. The van der Waals surface area contributed by atoms with Crippen LogP contribution in [0.3, 0.4) is 0 Å². The van der Waals surface area contributed by atoms with E-state index in [0.717, 1.165) is 0 Å². The van der Waals surface area contributed by atoms with Crippen molar-refractivity contribution in [2.45, 2.75) is 0 Å². The summed E-state index contributed by atoms with van der Waals surface area (Å²) in [4.78, 5) is 27.8. The third-order valence-corrected chi connectivity index (χ3v) is 0.0430. The van der Waals surface area contributed by atoms with E-state index in [4.69, 9.17) is 19.6 Å². The monoisotopic (exact) mass is 156 g/mol. The Morgan fingerprint density at radius 2 is 1.36 bits per heavy atom. The minimum atomic E-state index is -0.0694. The van der Waals surface area contributed by atoms with Gasteiger partial charge in [-0.05, 0) is 0 Å². The molecule has 0 amide bonds. The summed E-state index contributed by atoms with van der Waals surface area (Å²) in [6.07, 6.45) is 0.250. The van der Waals surface area contributed by atoms with Crippen molar-refractivity contribution in [1.29, 1.82) is 0 Å². The van der Waals surface area contributed by atoms with Crippen molar-refractivity contribution in [3.05, 3.63) is 0 Å². The number of hydrogen-bond acceptors (Lipinski definition) is 5. The molecule has 0 saturated carbocycles. The summed E-state index contributed by atoms with van der Waals surface area (Å²) in [5, 5.41) is 7.01. The van der Waals surface area contributed by atoms with Crippen LogP contribution in [0.25, 0.3) is 0 Å². The second kappa shape index (κ2) is 92.4. The average molecular weight is 156 g/mol. The summed E-state index contributed by atoms with van der Waals surface area (Å²) in [5.41, 5.74) is 0. The number of rotatable bonds is 1. The van der Waals surface area contributed by atoms with E-state index in [9.17, 15) is 0 Å². The number of carbonyl (C=O) groups is 1. The fourth-order valence-corrected chi connectivity index (χ4v) is 0. The zero-order chi connectivity index (χ0) is 8.12. The van der Waals surface area contributed by atoms with Crippen molar-refractivity contribution in [2.24, 2.45) is 0 Å². The van der Waals surface area contributed by atoms with Crippen LogP contribution in [-0.4, -0.2) is 59.6 Å². The SMILES string of the molecule is O.O.O=C=O.O=COO.[Li][Li]. The molecule has 9 heteroatoms. The average Bonchev–Trinajstić information content (AvgIpc) is 1.94. The third kappa shape index (κ3) is 729. The van der Waals surface area contributed by atoms with Gasteiger partial charge in [0.1, 0.15) is 0 Å². The van der Waals surface area contributed by atoms with Crippen molar-refractivity contribution in [3.8, 4) is 0 Å². The van der Waals surface area contributed by atoms with Crippen molar-refractivity contribution >= 4 is 43.4 Å². The Hall–Kier alpha value is -0.0752. The molecule has 0 heterocycles. The second-order valence-corrected chi connectivity index (χ2v) is 0.285. The topological polar surface area (TPSA) is 144 Å². The van der Waals surface area contributed by atoms with E-state index in [2.05, 4.69) is 4.89 Å². The zero-order valence-electron chi connectivity index (χ0n) is 6.16. The van der Waals surface area contributed by atoms with Gasteiger partial charge in [0.15, 0.2) is 0 Å². The molecule has 0 aliphatic carbocycles. The van der Waals surface area contributed by atoms with Gasteiger partial charge < -0.3 is 15.8 Å². The van der Waals surface area contributed by atoms with Crippen LogP contribution >= 0.6 is 0 Å². The predicted molar refractivity (Wildman–Crippen MR) is 33.5 cm³/mol. The molecule has 0 fully saturated rings. The van der Waals surface area contributed by atoms with Gasteiger partial charge in [-0.25, -0.2) is 5.26 Å². The maximum absolute atomic E-state index is 8.70. The molecule has 0 radical (unpaired) electrons. The third-order valence-electron chi connectivity index (χ3n) is 0.0430. The fraction of sp³-hybridized carbons (Fsp3) is 0. The molecule has 5 N–H and O–H groups in total. The summed E-state index contributed by atoms with van der Waals surface area (Å²) in [7, 11) is 0. The Morgan fingerprint density at radius 1 is 1.27 bits per heavy atom. The van der Waals surface area contributed by atoms with Crippen LogP contribution in [0.1, 0.15) is 0 Å². The van der Waals surface area contributed by atoms with Gasteiger partial charge >= 0.3 is 43.4 Å². The first-order chi connectivity index (χ1) is 4.33. The molecule has 0 aliphatic heterocycles. The summed E-state index contributed by atoms with van der Waals surface area (Å²) in [6.45, 7) is -0.0694. The van der Waals surface area contributed by atoms with Gasteiger partial charge in [-0.3, -0.25) is 4.79 Å². The first-order valence-electron chi connectivity index (χ1n) is 2.06. The van der Waals surface area contributed by atoms with Crippen LogP contribution in [0.5, 0.6) is 0 Å². The first kappa shape index (κ1) is 30.7. The molecule has 7 nitrogen and oxygen atoms in total. The van der Waals surface area contributed by atoms with E-state index in [0.29, 0.717) is 0 Å². The van der Waals surface area contributed by atoms with Crippen LogP contribution in [0.15, 0.2) is 0 Å². The summed E-state index contributed by atoms with van der Waals surface area (Å²) in [5.74, 6) is 0. The van der Waals surface area contributed by atoms with Crippen molar-refractivity contribution < 1.29 is 35.5 Å². The molecule has 0 rings (SSSR count). The molecule has 0 bridgehead atoms. The molecule has 0 spiro atoms. The van der Waals surface area contributed by atoms with Crippen molar-refractivity contribution in [3.63, 3.8) is 0 Å². The molecule has 11 heavy (non-hydrogen) atoms.